The molecule has 0 atom stereocenters. The van der Waals surface area contributed by atoms with Crippen molar-refractivity contribution < 1.29 is 4.57 Å². The Balaban J connectivity index is 1.48. The number of aromatic nitrogens is 4. The summed E-state index contributed by atoms with van der Waals surface area (Å²) >= 11 is 0. The van der Waals surface area contributed by atoms with Crippen LogP contribution in [0.25, 0.3) is 68.6 Å². The summed E-state index contributed by atoms with van der Waals surface area (Å²) in [4.78, 5) is 17.9. The number of benzene rings is 4. The van der Waals surface area contributed by atoms with Crippen LogP contribution in [0.3, 0.4) is 0 Å². The largest absolute Gasteiger partial charge is 0.355 e. The summed E-state index contributed by atoms with van der Waals surface area (Å²) in [5, 5.41) is 2.05. The average Bonchev–Trinajstić information content (AvgIpc) is 4.01. The van der Waals surface area contributed by atoms with Crippen LogP contribution in [0.1, 0.15) is 22.8 Å². The van der Waals surface area contributed by atoms with E-state index in [1.807, 2.05) is 121 Å². The quantitative estimate of drug-likeness (QED) is 0.180. The van der Waals surface area contributed by atoms with Gasteiger partial charge in [0.2, 0.25) is 0 Å². The number of hydrogen-bond acceptors (Lipinski definition) is 3. The average molecular weight is 663 g/mol. The highest BCUT2D eigenvalue weighted by Gasteiger charge is 2.35. The molecule has 0 amide bonds. The van der Waals surface area contributed by atoms with E-state index in [-0.39, 0.29) is 0 Å². The Morgan fingerprint density at radius 1 is 0.420 bits per heavy atom. The zero-order valence-corrected chi connectivity index (χ0v) is 27.9. The van der Waals surface area contributed by atoms with Crippen molar-refractivity contribution in [3.8, 4) is 22.3 Å². The molecule has 5 heterocycles. The smallest absolute Gasteiger partial charge is 0.175 e. The van der Waals surface area contributed by atoms with Crippen LogP contribution in [0.15, 0.2) is 152 Å². The Morgan fingerprint density at radius 3 is 1.22 bits per heavy atom. The van der Waals surface area contributed by atoms with Gasteiger partial charge in [-0.25, -0.2) is 9.97 Å². The maximum absolute atomic E-state index is 16.2. The molecule has 3 aromatic heterocycles. The van der Waals surface area contributed by atoms with E-state index in [0.29, 0.717) is 16.7 Å². The minimum absolute atomic E-state index is 0.604. The first kappa shape index (κ1) is 29.8. The molecule has 2 aliphatic heterocycles. The van der Waals surface area contributed by atoms with Gasteiger partial charge in [0.15, 0.2) is 7.14 Å². The molecule has 0 aliphatic carbocycles. The molecule has 2 N–H and O–H groups in total. The predicted molar refractivity (Wildman–Crippen MR) is 209 cm³/mol. The second-order valence-corrected chi connectivity index (χ2v) is 15.0. The van der Waals surface area contributed by atoms with Gasteiger partial charge in [-0.05, 0) is 65.8 Å². The van der Waals surface area contributed by atoms with Crippen LogP contribution in [-0.2, 0) is 4.57 Å². The van der Waals surface area contributed by atoms with Crippen molar-refractivity contribution in [2.24, 2.45) is 0 Å². The third kappa shape index (κ3) is 5.16. The third-order valence-corrected chi connectivity index (χ3v) is 12.4. The third-order valence-electron chi connectivity index (χ3n) is 9.22. The Kier molecular flexibility index (Phi) is 7.34. The van der Waals surface area contributed by atoms with Crippen LogP contribution in [0.4, 0.5) is 0 Å². The molecule has 8 bridgehead atoms. The van der Waals surface area contributed by atoms with E-state index in [0.717, 1.165) is 66.3 Å². The van der Waals surface area contributed by atoms with Gasteiger partial charge in [0.25, 0.3) is 0 Å². The van der Waals surface area contributed by atoms with Gasteiger partial charge in [-0.3, -0.25) is 0 Å². The molecule has 0 unspecified atom stereocenters. The zero-order chi connectivity index (χ0) is 33.5. The normalized spacial score (nSPS) is 12.3. The number of rotatable bonds is 5. The van der Waals surface area contributed by atoms with Crippen molar-refractivity contribution in [3.05, 3.63) is 174 Å². The Bertz CT molecular complexity index is 2480. The molecule has 0 saturated heterocycles. The second kappa shape index (κ2) is 12.3. The molecule has 4 aromatic carbocycles. The summed E-state index contributed by atoms with van der Waals surface area (Å²) in [7, 11) is -3.52. The van der Waals surface area contributed by atoms with Crippen LogP contribution in [-0.4, -0.2) is 19.9 Å². The molecule has 5 nitrogen and oxygen atoms in total. The first-order valence-electron chi connectivity index (χ1n) is 16.6. The lowest BCUT2D eigenvalue weighted by Crippen LogP contribution is -2.28. The molecule has 7 aromatic rings. The monoisotopic (exact) mass is 662 g/mol. The van der Waals surface area contributed by atoms with E-state index in [9.17, 15) is 0 Å². The number of hydrogen-bond donors (Lipinski definition) is 2. The Labute approximate surface area is 289 Å². The van der Waals surface area contributed by atoms with Gasteiger partial charge in [0.05, 0.1) is 28.1 Å². The van der Waals surface area contributed by atoms with Crippen LogP contribution in [0, 0.1) is 0 Å². The summed E-state index contributed by atoms with van der Waals surface area (Å²) in [5.41, 5.74) is 10.6. The SMILES string of the molecule is O=P(c1ccccc1)(c1ccccc1)c1c2nc(c(-c3ccccc3)c3ccc(cc4ccc([nH]4)c(-c4ccccc4)c4nc1C=C4)[nH]3)C=C2. The van der Waals surface area contributed by atoms with Crippen molar-refractivity contribution >= 4 is 69.4 Å². The minimum Gasteiger partial charge on any atom is -0.355 e. The van der Waals surface area contributed by atoms with E-state index in [1.54, 1.807) is 0 Å². The number of nitrogens with zero attached hydrogens (tertiary/aromatic N) is 2. The van der Waals surface area contributed by atoms with Gasteiger partial charge < -0.3 is 14.5 Å². The number of nitrogens with one attached hydrogen (secondary N) is 2. The highest BCUT2D eigenvalue weighted by molar-refractivity contribution is 7.85. The fourth-order valence-electron chi connectivity index (χ4n) is 6.95. The molecule has 0 spiro atoms. The summed E-state index contributed by atoms with van der Waals surface area (Å²) in [5.74, 6) is 0. The lowest BCUT2D eigenvalue weighted by atomic mass is 10.0. The second-order valence-electron chi connectivity index (χ2n) is 12.3. The highest BCUT2D eigenvalue weighted by atomic mass is 31.2. The molecule has 0 radical (unpaired) electrons. The number of H-pyrrole nitrogens is 2. The van der Waals surface area contributed by atoms with E-state index in [1.165, 1.54) is 0 Å². The van der Waals surface area contributed by atoms with Crippen molar-refractivity contribution in [1.82, 2.24) is 19.9 Å². The summed E-state index contributed by atoms with van der Waals surface area (Å²) < 4.78 is 16.2. The molecule has 9 rings (SSSR count). The van der Waals surface area contributed by atoms with Crippen molar-refractivity contribution in [2.45, 2.75) is 0 Å². The van der Waals surface area contributed by atoms with E-state index < -0.39 is 7.14 Å². The van der Waals surface area contributed by atoms with Crippen LogP contribution >= 0.6 is 7.14 Å². The van der Waals surface area contributed by atoms with Gasteiger partial charge >= 0.3 is 0 Å². The fraction of sp³-hybridized carbons (Fsp3) is 0. The van der Waals surface area contributed by atoms with Gasteiger partial charge in [0, 0.05) is 43.8 Å². The Morgan fingerprint density at radius 2 is 0.800 bits per heavy atom. The number of fused-ring (bicyclic) bond motifs is 8. The van der Waals surface area contributed by atoms with Gasteiger partial charge in [-0.15, -0.1) is 0 Å². The first-order valence-corrected chi connectivity index (χ1v) is 18.3. The summed E-state index contributed by atoms with van der Waals surface area (Å²) in [6, 6.07) is 50.5. The number of aromatic amines is 2. The topological polar surface area (TPSA) is 74.4 Å². The van der Waals surface area contributed by atoms with E-state index in [4.69, 9.17) is 9.97 Å². The minimum atomic E-state index is -3.52. The zero-order valence-electron chi connectivity index (χ0n) is 27.0. The summed E-state index contributed by atoms with van der Waals surface area (Å²) in [6.45, 7) is 0. The lowest BCUT2D eigenvalue weighted by molar-refractivity contribution is 0.592. The predicted octanol–water partition coefficient (Wildman–Crippen LogP) is 9.63. The maximum atomic E-state index is 16.2. The maximum Gasteiger partial charge on any atom is 0.175 e. The molecule has 50 heavy (non-hydrogen) atoms. The van der Waals surface area contributed by atoms with E-state index >= 15 is 4.57 Å². The standard InChI is InChI=1S/C44H31N4OP/c49-50(34-17-9-3-10-18-34,35-19-11-4-12-20-35)44-40-27-25-38(47-40)42(30-13-5-1-6-14-30)36-23-21-32(45-36)29-33-22-24-37(46-33)43(31-15-7-2-8-16-31)39-26-28-41(44)48-39/h1-29,45-46H. The molecule has 0 saturated carbocycles. The molecular weight excluding hydrogens is 631 g/mol. The Hall–Kier alpha value is -6.29. The molecule has 0 fully saturated rings. The highest BCUT2D eigenvalue weighted by Crippen LogP contribution is 2.45. The summed E-state index contributed by atoms with van der Waals surface area (Å²) in [6.07, 6.45) is 8.05. The van der Waals surface area contributed by atoms with Crippen LogP contribution in [0.5, 0.6) is 0 Å². The van der Waals surface area contributed by atoms with Gasteiger partial charge in [0.1, 0.15) is 0 Å². The van der Waals surface area contributed by atoms with Crippen molar-refractivity contribution in [3.63, 3.8) is 0 Å². The van der Waals surface area contributed by atoms with Gasteiger partial charge in [-0.1, -0.05) is 121 Å². The fourth-order valence-corrected chi connectivity index (χ4v) is 9.84. The molecule has 6 heteroatoms. The van der Waals surface area contributed by atoms with Gasteiger partial charge in [-0.2, -0.15) is 0 Å². The van der Waals surface area contributed by atoms with Crippen LogP contribution in [0.2, 0.25) is 0 Å². The molecule has 2 aliphatic rings. The first-order chi connectivity index (χ1) is 24.6. The molecular formula is C44H31N4OP. The lowest BCUT2D eigenvalue weighted by Gasteiger charge is -2.21. The van der Waals surface area contributed by atoms with Crippen molar-refractivity contribution in [2.75, 3.05) is 0 Å². The van der Waals surface area contributed by atoms with E-state index in [2.05, 4.69) is 64.6 Å². The van der Waals surface area contributed by atoms with Crippen molar-refractivity contribution in [1.29, 1.82) is 0 Å². The molecule has 238 valence electrons. The van der Waals surface area contributed by atoms with Crippen LogP contribution < -0.4 is 15.9 Å².